The molecule has 2 N–H and O–H groups in total. The summed E-state index contributed by atoms with van der Waals surface area (Å²) in [5.74, 6) is -0.309. The Labute approximate surface area is 206 Å². The van der Waals surface area contributed by atoms with Gasteiger partial charge in [-0.25, -0.2) is 0 Å². The largest absolute Gasteiger partial charge is 0.356 e. The second kappa shape index (κ2) is 10.2. The van der Waals surface area contributed by atoms with Gasteiger partial charge < -0.3 is 15.2 Å². The number of nitrogens with one attached hydrogen (secondary N) is 2. The number of para-hydroxylation sites is 1. The van der Waals surface area contributed by atoms with Crippen LogP contribution in [-0.2, 0) is 17.6 Å². The molecule has 3 aromatic carbocycles. The molecule has 5 heteroatoms. The summed E-state index contributed by atoms with van der Waals surface area (Å²) in [6.45, 7) is 2.74. The summed E-state index contributed by atoms with van der Waals surface area (Å²) in [5.41, 5.74) is 6.28. The second-order valence-electron chi connectivity index (χ2n) is 9.20. The van der Waals surface area contributed by atoms with Gasteiger partial charge in [0.15, 0.2) is 0 Å². The second-order valence-corrected chi connectivity index (χ2v) is 9.20. The minimum absolute atomic E-state index is 0.0324. The average Bonchev–Trinajstić information content (AvgIpc) is 3.29. The summed E-state index contributed by atoms with van der Waals surface area (Å²) in [5, 5.41) is 4.05. The van der Waals surface area contributed by atoms with Crippen molar-refractivity contribution < 1.29 is 9.59 Å². The number of hydrogen-bond donors (Lipinski definition) is 2. The lowest BCUT2D eigenvalue weighted by Crippen LogP contribution is -2.45. The van der Waals surface area contributed by atoms with E-state index in [0.717, 1.165) is 42.5 Å². The van der Waals surface area contributed by atoms with E-state index in [2.05, 4.69) is 47.6 Å². The Hall–Kier alpha value is -3.86. The van der Waals surface area contributed by atoms with Crippen molar-refractivity contribution in [2.45, 2.75) is 38.6 Å². The van der Waals surface area contributed by atoms with Gasteiger partial charge in [-0.2, -0.15) is 0 Å². The van der Waals surface area contributed by atoms with Gasteiger partial charge in [0.2, 0.25) is 5.91 Å². The van der Waals surface area contributed by atoms with Gasteiger partial charge >= 0.3 is 0 Å². The Bertz CT molecular complexity index is 1320. The van der Waals surface area contributed by atoms with E-state index >= 15 is 0 Å². The fourth-order valence-corrected chi connectivity index (χ4v) is 5.05. The van der Waals surface area contributed by atoms with Crippen molar-refractivity contribution in [3.05, 3.63) is 107 Å². The molecule has 1 aromatic heterocycles. The number of aryl methyl sites for hydroxylation is 1. The predicted octanol–water partition coefficient (Wildman–Crippen LogP) is 5.41. The molecule has 1 atom stereocenters. The van der Waals surface area contributed by atoms with E-state index in [9.17, 15) is 9.59 Å². The molecule has 5 nitrogen and oxygen atoms in total. The van der Waals surface area contributed by atoms with Crippen molar-refractivity contribution >= 4 is 22.7 Å². The molecular weight excluding hydrogens is 434 g/mol. The number of fused-ring (bicyclic) bond motifs is 3. The van der Waals surface area contributed by atoms with Gasteiger partial charge in [0.05, 0.1) is 12.6 Å². The molecule has 0 saturated heterocycles. The molecule has 0 aliphatic carbocycles. The van der Waals surface area contributed by atoms with E-state index in [1.54, 1.807) is 0 Å². The summed E-state index contributed by atoms with van der Waals surface area (Å²) in [4.78, 5) is 31.6. The SMILES string of the molecule is CCCCc1ccc(C(=O)NCC(=O)N2CCc3c([nH]c4ccccc34)C2c2ccccc2)cc1. The summed E-state index contributed by atoms with van der Waals surface area (Å²) < 4.78 is 0. The van der Waals surface area contributed by atoms with Crippen molar-refractivity contribution in [3.63, 3.8) is 0 Å². The van der Waals surface area contributed by atoms with Crippen LogP contribution in [0.25, 0.3) is 10.9 Å². The van der Waals surface area contributed by atoms with Crippen LogP contribution in [0.4, 0.5) is 0 Å². The monoisotopic (exact) mass is 465 g/mol. The lowest BCUT2D eigenvalue weighted by atomic mass is 9.92. The van der Waals surface area contributed by atoms with Gasteiger partial charge in [-0.05, 0) is 54.2 Å². The third-order valence-electron chi connectivity index (χ3n) is 6.91. The molecule has 1 aliphatic rings. The smallest absolute Gasteiger partial charge is 0.251 e. The van der Waals surface area contributed by atoms with Crippen molar-refractivity contribution in [3.8, 4) is 0 Å². The van der Waals surface area contributed by atoms with Crippen LogP contribution in [0, 0.1) is 0 Å². The number of hydrogen-bond acceptors (Lipinski definition) is 2. The van der Waals surface area contributed by atoms with Crippen LogP contribution in [-0.4, -0.2) is 34.8 Å². The van der Waals surface area contributed by atoms with Gasteiger partial charge in [0.1, 0.15) is 0 Å². The van der Waals surface area contributed by atoms with Gasteiger partial charge in [0, 0.05) is 28.7 Å². The molecule has 0 saturated carbocycles. The molecule has 0 fully saturated rings. The highest BCUT2D eigenvalue weighted by atomic mass is 16.2. The Balaban J connectivity index is 1.34. The molecular formula is C30H31N3O2. The number of H-pyrrole nitrogens is 1. The van der Waals surface area contributed by atoms with Crippen LogP contribution in [0.15, 0.2) is 78.9 Å². The van der Waals surface area contributed by atoms with Crippen molar-refractivity contribution in [2.75, 3.05) is 13.1 Å². The maximum atomic E-state index is 13.4. The molecule has 0 spiro atoms. The van der Waals surface area contributed by atoms with Crippen molar-refractivity contribution in [2.24, 2.45) is 0 Å². The number of aromatic nitrogens is 1. The Morgan fingerprint density at radius 3 is 2.49 bits per heavy atom. The van der Waals surface area contributed by atoms with Gasteiger partial charge in [0.25, 0.3) is 5.91 Å². The minimum atomic E-state index is -0.222. The van der Waals surface area contributed by atoms with Crippen LogP contribution in [0.5, 0.6) is 0 Å². The molecule has 0 bridgehead atoms. The van der Waals surface area contributed by atoms with E-state index in [-0.39, 0.29) is 24.4 Å². The van der Waals surface area contributed by atoms with E-state index < -0.39 is 0 Å². The third kappa shape index (κ3) is 4.72. The highest BCUT2D eigenvalue weighted by Crippen LogP contribution is 2.38. The van der Waals surface area contributed by atoms with Crippen LogP contribution in [0.1, 0.15) is 58.5 Å². The third-order valence-corrected chi connectivity index (χ3v) is 6.91. The normalized spacial score (nSPS) is 15.1. The molecule has 35 heavy (non-hydrogen) atoms. The number of nitrogens with zero attached hydrogens (tertiary/aromatic N) is 1. The molecule has 2 amide bonds. The number of carbonyl (C=O) groups excluding carboxylic acids is 2. The summed E-state index contributed by atoms with van der Waals surface area (Å²) >= 11 is 0. The van der Waals surface area contributed by atoms with Gasteiger partial charge in [-0.3, -0.25) is 9.59 Å². The fourth-order valence-electron chi connectivity index (χ4n) is 5.05. The maximum Gasteiger partial charge on any atom is 0.251 e. The number of benzene rings is 3. The number of rotatable bonds is 7. The summed E-state index contributed by atoms with van der Waals surface area (Å²) in [6.07, 6.45) is 4.07. The Morgan fingerprint density at radius 2 is 1.71 bits per heavy atom. The quantitative estimate of drug-likeness (QED) is 0.383. The topological polar surface area (TPSA) is 65.2 Å². The molecule has 1 unspecified atom stereocenters. The van der Waals surface area contributed by atoms with Gasteiger partial charge in [-0.15, -0.1) is 0 Å². The van der Waals surface area contributed by atoms with E-state index in [1.807, 2.05) is 53.4 Å². The molecule has 178 valence electrons. The van der Waals surface area contributed by atoms with Crippen molar-refractivity contribution in [1.29, 1.82) is 0 Å². The molecule has 1 aliphatic heterocycles. The average molecular weight is 466 g/mol. The molecule has 2 heterocycles. The Kier molecular flexibility index (Phi) is 6.66. The predicted molar refractivity (Wildman–Crippen MR) is 139 cm³/mol. The first-order chi connectivity index (χ1) is 17.2. The highest BCUT2D eigenvalue weighted by molar-refractivity contribution is 5.96. The fraction of sp³-hybridized carbons (Fsp3) is 0.267. The van der Waals surface area contributed by atoms with E-state index in [4.69, 9.17) is 0 Å². The summed E-state index contributed by atoms with van der Waals surface area (Å²) in [7, 11) is 0. The van der Waals surface area contributed by atoms with E-state index in [1.165, 1.54) is 16.5 Å². The number of carbonyl (C=O) groups is 2. The van der Waals surface area contributed by atoms with E-state index in [0.29, 0.717) is 12.1 Å². The zero-order valence-electron chi connectivity index (χ0n) is 20.1. The maximum absolute atomic E-state index is 13.4. The zero-order valence-corrected chi connectivity index (χ0v) is 20.1. The first kappa shape index (κ1) is 22.9. The molecule has 5 rings (SSSR count). The molecule has 4 aromatic rings. The highest BCUT2D eigenvalue weighted by Gasteiger charge is 2.34. The number of amides is 2. The zero-order chi connectivity index (χ0) is 24.2. The van der Waals surface area contributed by atoms with Crippen molar-refractivity contribution in [1.82, 2.24) is 15.2 Å². The lowest BCUT2D eigenvalue weighted by Gasteiger charge is -2.36. The van der Waals surface area contributed by atoms with Crippen LogP contribution >= 0.6 is 0 Å². The number of aromatic amines is 1. The van der Waals surface area contributed by atoms with Gasteiger partial charge in [-0.1, -0.05) is 74.0 Å². The first-order valence-electron chi connectivity index (χ1n) is 12.5. The Morgan fingerprint density at radius 1 is 0.971 bits per heavy atom. The van der Waals surface area contributed by atoms with Crippen LogP contribution < -0.4 is 5.32 Å². The molecule has 0 radical (unpaired) electrons. The summed E-state index contributed by atoms with van der Waals surface area (Å²) in [6, 6.07) is 25.9. The van der Waals surface area contributed by atoms with Crippen LogP contribution in [0.2, 0.25) is 0 Å². The standard InChI is InChI=1S/C30H31N3O2/c1-2-3-9-21-14-16-23(17-15-21)30(35)31-20-27(34)33-19-18-25-24-12-7-8-13-26(24)32-28(25)29(33)22-10-5-4-6-11-22/h4-8,10-17,29,32H,2-3,9,18-20H2,1H3,(H,31,35). The first-order valence-corrected chi connectivity index (χ1v) is 12.5. The minimum Gasteiger partial charge on any atom is -0.356 e. The van der Waals surface area contributed by atoms with Crippen LogP contribution in [0.3, 0.4) is 0 Å². The lowest BCUT2D eigenvalue weighted by molar-refractivity contribution is -0.132. The number of unbranched alkanes of at least 4 members (excludes halogenated alkanes) is 1.